The summed E-state index contributed by atoms with van der Waals surface area (Å²) in [5.41, 5.74) is -0.787. The summed E-state index contributed by atoms with van der Waals surface area (Å²) >= 11 is 11.9. The number of anilines is 1. The molecule has 0 atom stereocenters. The molecule has 1 amide bonds. The number of nitrogens with one attached hydrogen (secondary N) is 2. The molecule has 0 spiro atoms. The maximum Gasteiger partial charge on any atom is 0.416 e. The van der Waals surface area contributed by atoms with Crippen molar-refractivity contribution in [2.75, 3.05) is 4.72 Å². The Morgan fingerprint density at radius 1 is 0.906 bits per heavy atom. The fraction of sp³-hybridized carbons (Fsp3) is 0.0952. The molecule has 0 aliphatic rings. The lowest BCUT2D eigenvalue weighted by atomic mass is 10.2. The van der Waals surface area contributed by atoms with Crippen LogP contribution in [0.2, 0.25) is 10.0 Å². The average Bonchev–Trinajstić information content (AvgIpc) is 2.73. The van der Waals surface area contributed by atoms with Crippen molar-refractivity contribution in [3.05, 3.63) is 93.5 Å². The fourth-order valence-electron chi connectivity index (χ4n) is 2.71. The van der Waals surface area contributed by atoms with Crippen molar-refractivity contribution in [3.63, 3.8) is 0 Å². The normalized spacial score (nSPS) is 11.8. The molecule has 0 fully saturated rings. The van der Waals surface area contributed by atoms with Crippen LogP contribution in [0.4, 0.5) is 18.9 Å². The number of carbonyl (C=O) groups excluding carboxylic acids is 1. The van der Waals surface area contributed by atoms with Crippen LogP contribution in [0.15, 0.2) is 71.6 Å². The van der Waals surface area contributed by atoms with E-state index in [9.17, 15) is 26.4 Å². The number of halogens is 5. The van der Waals surface area contributed by atoms with Crippen molar-refractivity contribution in [1.82, 2.24) is 5.32 Å². The van der Waals surface area contributed by atoms with Crippen LogP contribution in [0.5, 0.6) is 0 Å². The summed E-state index contributed by atoms with van der Waals surface area (Å²) in [6, 6.07) is 14.2. The Morgan fingerprint density at radius 2 is 1.62 bits per heavy atom. The van der Waals surface area contributed by atoms with Crippen LogP contribution >= 0.6 is 23.2 Å². The van der Waals surface area contributed by atoms with Gasteiger partial charge < -0.3 is 5.32 Å². The van der Waals surface area contributed by atoms with Crippen LogP contribution in [-0.4, -0.2) is 14.3 Å². The molecule has 0 saturated heterocycles. The molecule has 3 aromatic rings. The summed E-state index contributed by atoms with van der Waals surface area (Å²) in [6.07, 6.45) is -4.68. The zero-order chi connectivity index (χ0) is 23.5. The highest BCUT2D eigenvalue weighted by molar-refractivity contribution is 7.92. The van der Waals surface area contributed by atoms with Gasteiger partial charge in [0.05, 0.1) is 21.2 Å². The van der Waals surface area contributed by atoms with Gasteiger partial charge in [0.25, 0.3) is 15.9 Å². The summed E-state index contributed by atoms with van der Waals surface area (Å²) in [5.74, 6) is -0.556. The van der Waals surface area contributed by atoms with E-state index >= 15 is 0 Å². The van der Waals surface area contributed by atoms with Crippen LogP contribution in [0.1, 0.15) is 21.5 Å². The van der Waals surface area contributed by atoms with Crippen LogP contribution < -0.4 is 10.0 Å². The molecule has 168 valence electrons. The number of sulfonamides is 1. The zero-order valence-corrected chi connectivity index (χ0v) is 18.4. The topological polar surface area (TPSA) is 75.3 Å². The molecule has 5 nitrogen and oxygen atoms in total. The van der Waals surface area contributed by atoms with Crippen molar-refractivity contribution < 1.29 is 26.4 Å². The van der Waals surface area contributed by atoms with Crippen LogP contribution in [-0.2, 0) is 22.7 Å². The summed E-state index contributed by atoms with van der Waals surface area (Å²) in [4.78, 5) is 12.1. The number of hydrogen-bond acceptors (Lipinski definition) is 3. The second-order valence-corrected chi connectivity index (χ2v) is 9.10. The molecule has 0 aliphatic heterocycles. The highest BCUT2D eigenvalue weighted by atomic mass is 35.5. The first-order chi connectivity index (χ1) is 15.0. The number of hydrogen-bond donors (Lipinski definition) is 2. The van der Waals surface area contributed by atoms with Crippen LogP contribution in [0, 0.1) is 0 Å². The zero-order valence-electron chi connectivity index (χ0n) is 16.1. The minimum Gasteiger partial charge on any atom is -0.348 e. The second-order valence-electron chi connectivity index (χ2n) is 6.60. The minimum absolute atomic E-state index is 0.0371. The fourth-order valence-corrected chi connectivity index (χ4v) is 4.25. The van der Waals surface area contributed by atoms with E-state index in [2.05, 4.69) is 5.32 Å². The van der Waals surface area contributed by atoms with Crippen molar-refractivity contribution >= 4 is 44.8 Å². The van der Waals surface area contributed by atoms with Gasteiger partial charge in [-0.2, -0.15) is 13.2 Å². The third kappa shape index (κ3) is 5.73. The van der Waals surface area contributed by atoms with Gasteiger partial charge in [0, 0.05) is 17.1 Å². The van der Waals surface area contributed by atoms with Crippen molar-refractivity contribution in [2.24, 2.45) is 0 Å². The lowest BCUT2D eigenvalue weighted by molar-refractivity contribution is -0.137. The highest BCUT2D eigenvalue weighted by Crippen LogP contribution is 2.34. The van der Waals surface area contributed by atoms with Gasteiger partial charge in [-0.15, -0.1) is 0 Å². The van der Waals surface area contributed by atoms with E-state index in [4.69, 9.17) is 23.2 Å². The lowest BCUT2D eigenvalue weighted by Crippen LogP contribution is -2.23. The molecule has 11 heteroatoms. The molecule has 0 heterocycles. The summed E-state index contributed by atoms with van der Waals surface area (Å²) in [5, 5.41) is 2.88. The van der Waals surface area contributed by atoms with E-state index in [-0.39, 0.29) is 22.0 Å². The van der Waals surface area contributed by atoms with Crippen LogP contribution in [0.25, 0.3) is 0 Å². The van der Waals surface area contributed by atoms with Crippen molar-refractivity contribution in [2.45, 2.75) is 17.6 Å². The Hall–Kier alpha value is -2.75. The molecular weight excluding hydrogens is 488 g/mol. The van der Waals surface area contributed by atoms with Crippen LogP contribution in [0.3, 0.4) is 0 Å². The molecule has 32 heavy (non-hydrogen) atoms. The quantitative estimate of drug-likeness (QED) is 0.451. The average molecular weight is 503 g/mol. The van der Waals surface area contributed by atoms with Gasteiger partial charge in [-0.1, -0.05) is 47.5 Å². The monoisotopic (exact) mass is 502 g/mol. The third-order valence-electron chi connectivity index (χ3n) is 4.34. The first-order valence-corrected chi connectivity index (χ1v) is 11.2. The van der Waals surface area contributed by atoms with E-state index in [0.717, 1.165) is 18.2 Å². The largest absolute Gasteiger partial charge is 0.416 e. The highest BCUT2D eigenvalue weighted by Gasteiger charge is 2.31. The molecule has 2 N–H and O–H groups in total. The number of carbonyl (C=O) groups is 1. The molecular formula is C21H15Cl2F3N2O3S. The Balaban J connectivity index is 1.81. The molecule has 3 rings (SSSR count). The molecule has 0 unspecified atom stereocenters. The lowest BCUT2D eigenvalue weighted by Gasteiger charge is -2.13. The number of amides is 1. The molecule has 3 aromatic carbocycles. The molecule has 0 aromatic heterocycles. The maximum absolute atomic E-state index is 12.9. The standard InChI is InChI=1S/C21H15Cl2F3N2O3S/c22-17-7-2-1-4-14(17)12-27-20(29)13-5-3-6-16(10-13)32(30,31)28-19-11-15(21(24,25)26)8-9-18(19)23/h1-11,28H,12H2,(H,27,29). The second kappa shape index (κ2) is 9.40. The minimum atomic E-state index is -4.68. The predicted octanol–water partition coefficient (Wildman–Crippen LogP) is 5.74. The van der Waals surface area contributed by atoms with Crippen molar-refractivity contribution in [3.8, 4) is 0 Å². The summed E-state index contributed by atoms with van der Waals surface area (Å²) in [7, 11) is -4.33. The summed E-state index contributed by atoms with van der Waals surface area (Å²) in [6.45, 7) is 0.119. The number of alkyl halides is 3. The van der Waals surface area contributed by atoms with E-state index in [0.29, 0.717) is 16.7 Å². The molecule has 0 radical (unpaired) electrons. The van der Waals surface area contributed by atoms with Gasteiger partial charge in [0.15, 0.2) is 0 Å². The van der Waals surface area contributed by atoms with Gasteiger partial charge in [-0.05, 0) is 48.0 Å². The maximum atomic E-state index is 12.9. The Kier molecular flexibility index (Phi) is 7.02. The number of benzene rings is 3. The SMILES string of the molecule is O=C(NCc1ccccc1Cl)c1cccc(S(=O)(=O)Nc2cc(C(F)(F)F)ccc2Cl)c1. The first-order valence-electron chi connectivity index (χ1n) is 8.98. The first kappa shape index (κ1) is 23.9. The van der Waals surface area contributed by atoms with Gasteiger partial charge in [-0.25, -0.2) is 8.42 Å². The molecule has 0 aliphatic carbocycles. The molecule has 0 bridgehead atoms. The number of rotatable bonds is 6. The Labute approximate surface area is 192 Å². The van der Waals surface area contributed by atoms with E-state index in [1.54, 1.807) is 24.3 Å². The molecule has 0 saturated carbocycles. The van der Waals surface area contributed by atoms with E-state index < -0.39 is 33.4 Å². The smallest absolute Gasteiger partial charge is 0.348 e. The predicted molar refractivity (Wildman–Crippen MR) is 116 cm³/mol. The van der Waals surface area contributed by atoms with E-state index in [1.807, 2.05) is 4.72 Å². The van der Waals surface area contributed by atoms with Gasteiger partial charge in [0.1, 0.15) is 0 Å². The van der Waals surface area contributed by atoms with Gasteiger partial charge >= 0.3 is 6.18 Å². The Bertz CT molecular complexity index is 1270. The third-order valence-corrected chi connectivity index (χ3v) is 6.40. The van der Waals surface area contributed by atoms with E-state index in [1.165, 1.54) is 18.2 Å². The van der Waals surface area contributed by atoms with Gasteiger partial charge in [0.2, 0.25) is 0 Å². The van der Waals surface area contributed by atoms with Gasteiger partial charge in [-0.3, -0.25) is 9.52 Å². The van der Waals surface area contributed by atoms with Crippen molar-refractivity contribution in [1.29, 1.82) is 0 Å². The Morgan fingerprint density at radius 3 is 2.31 bits per heavy atom. The summed E-state index contributed by atoms with van der Waals surface area (Å²) < 4.78 is 66.3.